The van der Waals surface area contributed by atoms with Crippen molar-refractivity contribution < 1.29 is 9.18 Å². The van der Waals surface area contributed by atoms with E-state index in [0.29, 0.717) is 40.4 Å². The van der Waals surface area contributed by atoms with Crippen molar-refractivity contribution in [3.8, 4) is 0 Å². The maximum absolute atomic E-state index is 13.3. The summed E-state index contributed by atoms with van der Waals surface area (Å²) in [4.78, 5) is 32.5. The molecular formula is C22H23ClFN3O2. The zero-order chi connectivity index (χ0) is 21.1. The number of halogens is 2. The fourth-order valence-corrected chi connectivity index (χ4v) is 3.62. The molecule has 1 aromatic heterocycles. The molecule has 0 aliphatic heterocycles. The molecule has 0 radical (unpaired) electrons. The number of nitrogens with zero attached hydrogens (tertiary/aromatic N) is 3. The van der Waals surface area contributed by atoms with Crippen LogP contribution in [0.25, 0.3) is 10.9 Å². The Hall–Kier alpha value is -2.73. The van der Waals surface area contributed by atoms with Crippen LogP contribution in [0.15, 0.2) is 47.3 Å². The summed E-state index contributed by atoms with van der Waals surface area (Å²) in [5.74, 6) is -0.116. The molecule has 7 heteroatoms. The van der Waals surface area contributed by atoms with Crippen LogP contribution in [0.3, 0.4) is 0 Å². The van der Waals surface area contributed by atoms with E-state index in [9.17, 15) is 14.0 Å². The van der Waals surface area contributed by atoms with Gasteiger partial charge in [-0.3, -0.25) is 14.2 Å². The van der Waals surface area contributed by atoms with Crippen LogP contribution in [-0.2, 0) is 6.54 Å². The minimum absolute atomic E-state index is 0.187. The molecule has 0 N–H and O–H groups in total. The lowest BCUT2D eigenvalue weighted by Crippen LogP contribution is -2.38. The highest BCUT2D eigenvalue weighted by Gasteiger charge is 2.26. The Kier molecular flexibility index (Phi) is 6.33. The van der Waals surface area contributed by atoms with E-state index in [2.05, 4.69) is 0 Å². The van der Waals surface area contributed by atoms with E-state index in [-0.39, 0.29) is 11.5 Å². The Morgan fingerprint density at radius 3 is 2.52 bits per heavy atom. The summed E-state index contributed by atoms with van der Waals surface area (Å²) in [5.41, 5.74) is 0.744. The molecule has 3 aromatic rings. The number of rotatable bonds is 6. The van der Waals surface area contributed by atoms with E-state index in [0.717, 1.165) is 6.42 Å². The van der Waals surface area contributed by atoms with Crippen molar-refractivity contribution >= 4 is 28.4 Å². The maximum atomic E-state index is 13.3. The van der Waals surface area contributed by atoms with Gasteiger partial charge in [0.1, 0.15) is 11.6 Å². The molecule has 2 aromatic carbocycles. The van der Waals surface area contributed by atoms with Gasteiger partial charge in [0.15, 0.2) is 0 Å². The van der Waals surface area contributed by atoms with Gasteiger partial charge in [0.05, 0.1) is 16.9 Å². The smallest absolute Gasteiger partial charge is 0.261 e. The van der Waals surface area contributed by atoms with Crippen molar-refractivity contribution in [2.24, 2.45) is 0 Å². The second-order valence-corrected chi connectivity index (χ2v) is 7.30. The zero-order valence-corrected chi connectivity index (χ0v) is 17.4. The van der Waals surface area contributed by atoms with Crippen LogP contribution in [0, 0.1) is 5.82 Å². The van der Waals surface area contributed by atoms with Crippen LogP contribution in [0.1, 0.15) is 49.4 Å². The van der Waals surface area contributed by atoms with E-state index in [4.69, 9.17) is 16.6 Å². The van der Waals surface area contributed by atoms with E-state index in [1.54, 1.807) is 27.7 Å². The Morgan fingerprint density at radius 2 is 1.90 bits per heavy atom. The fourth-order valence-electron chi connectivity index (χ4n) is 3.44. The molecule has 0 aliphatic rings. The van der Waals surface area contributed by atoms with Gasteiger partial charge in [0, 0.05) is 23.7 Å². The molecule has 3 rings (SSSR count). The van der Waals surface area contributed by atoms with Gasteiger partial charge in [0.25, 0.3) is 11.5 Å². The minimum atomic E-state index is -0.444. The molecule has 1 atom stereocenters. The van der Waals surface area contributed by atoms with Crippen LogP contribution in [0.4, 0.5) is 4.39 Å². The average molecular weight is 416 g/mol. The first-order valence-corrected chi connectivity index (χ1v) is 10.0. The summed E-state index contributed by atoms with van der Waals surface area (Å²) in [6, 6.07) is 10.0. The first-order valence-electron chi connectivity index (χ1n) is 9.63. The fraction of sp³-hybridized carbons (Fsp3) is 0.318. The molecule has 5 nitrogen and oxygen atoms in total. The Labute approximate surface area is 173 Å². The van der Waals surface area contributed by atoms with Crippen LogP contribution in [0.5, 0.6) is 0 Å². The van der Waals surface area contributed by atoms with Crippen molar-refractivity contribution in [1.82, 2.24) is 14.5 Å². The number of aromatic nitrogens is 2. The number of fused-ring (bicyclic) bond motifs is 1. The van der Waals surface area contributed by atoms with E-state index >= 15 is 0 Å². The lowest BCUT2D eigenvalue weighted by molar-refractivity contribution is 0.0679. The van der Waals surface area contributed by atoms with Gasteiger partial charge in [-0.1, -0.05) is 18.5 Å². The molecule has 29 heavy (non-hydrogen) atoms. The molecule has 0 fully saturated rings. The summed E-state index contributed by atoms with van der Waals surface area (Å²) in [7, 11) is 0. The zero-order valence-electron chi connectivity index (χ0n) is 16.7. The van der Waals surface area contributed by atoms with Crippen molar-refractivity contribution in [1.29, 1.82) is 0 Å². The number of hydrogen-bond donors (Lipinski definition) is 0. The van der Waals surface area contributed by atoms with Crippen LogP contribution < -0.4 is 5.56 Å². The van der Waals surface area contributed by atoms with Gasteiger partial charge < -0.3 is 4.90 Å². The second-order valence-electron chi connectivity index (χ2n) is 6.86. The maximum Gasteiger partial charge on any atom is 0.261 e. The summed E-state index contributed by atoms with van der Waals surface area (Å²) in [6.45, 7) is 6.59. The van der Waals surface area contributed by atoms with Gasteiger partial charge in [-0.25, -0.2) is 9.37 Å². The monoisotopic (exact) mass is 415 g/mol. The molecule has 0 aliphatic carbocycles. The van der Waals surface area contributed by atoms with E-state index in [1.807, 2.05) is 20.8 Å². The van der Waals surface area contributed by atoms with Gasteiger partial charge in [0.2, 0.25) is 0 Å². The number of hydrogen-bond acceptors (Lipinski definition) is 3. The molecule has 1 heterocycles. The number of carbonyl (C=O) groups is 1. The van der Waals surface area contributed by atoms with E-state index < -0.39 is 11.9 Å². The van der Waals surface area contributed by atoms with Gasteiger partial charge in [-0.05, 0) is 62.7 Å². The third-order valence-electron chi connectivity index (χ3n) is 4.92. The SMILES string of the molecule is CCCN(C(=O)c1ccc(F)cc1)C(C)c1nc2ccc(Cl)cc2c(=O)n1CC. The average Bonchev–Trinajstić information content (AvgIpc) is 2.72. The largest absolute Gasteiger partial charge is 0.329 e. The number of amides is 1. The third-order valence-corrected chi connectivity index (χ3v) is 5.15. The summed E-state index contributed by atoms with van der Waals surface area (Å²) < 4.78 is 14.8. The van der Waals surface area contributed by atoms with Crippen LogP contribution in [0.2, 0.25) is 5.02 Å². The molecular weight excluding hydrogens is 393 g/mol. The van der Waals surface area contributed by atoms with Gasteiger partial charge in [-0.15, -0.1) is 0 Å². The predicted molar refractivity (Wildman–Crippen MR) is 113 cm³/mol. The molecule has 1 unspecified atom stereocenters. The van der Waals surface area contributed by atoms with Crippen molar-refractivity contribution in [2.75, 3.05) is 6.54 Å². The Balaban J connectivity index is 2.10. The molecule has 1 amide bonds. The number of carbonyl (C=O) groups excluding carboxylic acids is 1. The number of benzene rings is 2. The van der Waals surface area contributed by atoms with Gasteiger partial charge in [-0.2, -0.15) is 0 Å². The van der Waals surface area contributed by atoms with Crippen molar-refractivity contribution in [3.63, 3.8) is 0 Å². The van der Waals surface area contributed by atoms with E-state index in [1.165, 1.54) is 24.3 Å². The predicted octanol–water partition coefficient (Wildman–Crippen LogP) is 4.82. The van der Waals surface area contributed by atoms with Crippen LogP contribution >= 0.6 is 11.6 Å². The summed E-state index contributed by atoms with van der Waals surface area (Å²) in [6.07, 6.45) is 0.733. The van der Waals surface area contributed by atoms with Gasteiger partial charge >= 0.3 is 0 Å². The second kappa shape index (κ2) is 8.74. The van der Waals surface area contributed by atoms with Crippen LogP contribution in [-0.4, -0.2) is 26.9 Å². The lowest BCUT2D eigenvalue weighted by atomic mass is 10.1. The third kappa shape index (κ3) is 4.17. The lowest BCUT2D eigenvalue weighted by Gasteiger charge is -2.30. The van der Waals surface area contributed by atoms with Crippen molar-refractivity contribution in [2.45, 2.75) is 39.8 Å². The molecule has 0 spiro atoms. The summed E-state index contributed by atoms with van der Waals surface area (Å²) in [5, 5.41) is 0.918. The normalized spacial score (nSPS) is 12.2. The topological polar surface area (TPSA) is 55.2 Å². The first kappa shape index (κ1) is 21.0. The highest BCUT2D eigenvalue weighted by molar-refractivity contribution is 6.31. The minimum Gasteiger partial charge on any atom is -0.329 e. The Bertz CT molecular complexity index is 1100. The molecule has 0 bridgehead atoms. The quantitative estimate of drug-likeness (QED) is 0.579. The first-order chi connectivity index (χ1) is 13.9. The summed E-state index contributed by atoms with van der Waals surface area (Å²) >= 11 is 6.05. The van der Waals surface area contributed by atoms with Crippen molar-refractivity contribution in [3.05, 3.63) is 75.0 Å². The Morgan fingerprint density at radius 1 is 1.21 bits per heavy atom. The molecule has 0 saturated carbocycles. The molecule has 152 valence electrons. The molecule has 0 saturated heterocycles. The standard InChI is InChI=1S/C22H23ClFN3O2/c1-4-12-27(21(28)15-6-9-17(24)10-7-15)14(3)20-25-19-11-8-16(23)13-18(19)22(29)26(20)5-2/h6-11,13-14H,4-5,12H2,1-3H3. The highest BCUT2D eigenvalue weighted by Crippen LogP contribution is 2.24. The highest BCUT2D eigenvalue weighted by atomic mass is 35.5.